The number of fused-ring (bicyclic) bond motifs is 1. The maximum absolute atomic E-state index is 6.42. The molecule has 1 atom stereocenters. The molecular formula is C21H19N3O. The first kappa shape index (κ1) is 15.4. The zero-order valence-corrected chi connectivity index (χ0v) is 13.7. The zero-order chi connectivity index (χ0) is 17.2. The summed E-state index contributed by atoms with van der Waals surface area (Å²) in [6, 6.07) is 24.5. The Kier molecular flexibility index (Phi) is 3.96. The summed E-state index contributed by atoms with van der Waals surface area (Å²) >= 11 is 0. The van der Waals surface area contributed by atoms with Gasteiger partial charge in [0.2, 0.25) is 0 Å². The lowest BCUT2D eigenvalue weighted by Gasteiger charge is -2.14. The predicted molar refractivity (Wildman–Crippen MR) is 101 cm³/mol. The number of nitrogens with zero attached hydrogens (tertiary/aromatic N) is 1. The van der Waals surface area contributed by atoms with Crippen molar-refractivity contribution in [3.8, 4) is 11.1 Å². The smallest absolute Gasteiger partial charge is 0.174 e. The molecule has 4 heteroatoms. The lowest BCUT2D eigenvalue weighted by Crippen LogP contribution is -2.13. The van der Waals surface area contributed by atoms with Gasteiger partial charge in [0, 0.05) is 6.04 Å². The zero-order valence-electron chi connectivity index (χ0n) is 13.7. The highest BCUT2D eigenvalue weighted by molar-refractivity contribution is 5.90. The molecule has 4 nitrogen and oxygen atoms in total. The molecule has 25 heavy (non-hydrogen) atoms. The van der Waals surface area contributed by atoms with Crippen LogP contribution in [-0.4, -0.2) is 5.16 Å². The Morgan fingerprint density at radius 2 is 1.68 bits per heavy atom. The van der Waals surface area contributed by atoms with Crippen LogP contribution in [0.25, 0.3) is 22.1 Å². The molecule has 0 spiro atoms. The molecule has 0 aliphatic heterocycles. The van der Waals surface area contributed by atoms with E-state index in [1.54, 1.807) is 0 Å². The molecule has 0 fully saturated rings. The van der Waals surface area contributed by atoms with E-state index in [1.165, 1.54) is 5.56 Å². The Morgan fingerprint density at radius 3 is 2.52 bits per heavy atom. The highest BCUT2D eigenvalue weighted by Gasteiger charge is 2.10. The van der Waals surface area contributed by atoms with Crippen molar-refractivity contribution in [2.24, 2.45) is 5.73 Å². The second-order valence-electron chi connectivity index (χ2n) is 6.20. The number of hydrogen-bond acceptors (Lipinski definition) is 4. The minimum Gasteiger partial charge on any atom is -0.380 e. The number of nitrogens with two attached hydrogens (primary N) is 2. The summed E-state index contributed by atoms with van der Waals surface area (Å²) in [4.78, 5) is 0. The van der Waals surface area contributed by atoms with E-state index in [1.807, 2.05) is 42.5 Å². The highest BCUT2D eigenvalue weighted by Crippen LogP contribution is 2.29. The van der Waals surface area contributed by atoms with Gasteiger partial charge in [-0.05, 0) is 46.9 Å². The molecule has 1 heterocycles. The first-order valence-electron chi connectivity index (χ1n) is 8.25. The Balaban J connectivity index is 1.63. The third-order valence-electron chi connectivity index (χ3n) is 4.45. The van der Waals surface area contributed by atoms with Crippen molar-refractivity contribution in [3.63, 3.8) is 0 Å². The van der Waals surface area contributed by atoms with Crippen LogP contribution in [0, 0.1) is 0 Å². The molecule has 1 aromatic heterocycles. The van der Waals surface area contributed by atoms with Crippen molar-refractivity contribution in [1.82, 2.24) is 5.16 Å². The molecular weight excluding hydrogens is 310 g/mol. The topological polar surface area (TPSA) is 78.1 Å². The van der Waals surface area contributed by atoms with Crippen molar-refractivity contribution in [2.45, 2.75) is 12.5 Å². The Morgan fingerprint density at radius 1 is 0.880 bits per heavy atom. The molecule has 4 N–H and O–H groups in total. The summed E-state index contributed by atoms with van der Waals surface area (Å²) in [6.45, 7) is 0. The maximum atomic E-state index is 6.42. The summed E-state index contributed by atoms with van der Waals surface area (Å²) in [5.41, 5.74) is 17.4. The maximum Gasteiger partial charge on any atom is 0.174 e. The molecule has 0 radical (unpaired) electrons. The first-order valence-corrected chi connectivity index (χ1v) is 8.25. The van der Waals surface area contributed by atoms with Gasteiger partial charge in [-0.2, -0.15) is 0 Å². The van der Waals surface area contributed by atoms with Crippen LogP contribution in [0.15, 0.2) is 77.3 Å². The fraction of sp³-hybridized carbons (Fsp3) is 0.0952. The van der Waals surface area contributed by atoms with Gasteiger partial charge >= 0.3 is 0 Å². The first-order chi connectivity index (χ1) is 12.2. The predicted octanol–water partition coefficient (Wildman–Crippen LogP) is 4.32. The van der Waals surface area contributed by atoms with Crippen LogP contribution in [0.3, 0.4) is 0 Å². The van der Waals surface area contributed by atoms with Crippen LogP contribution in [0.5, 0.6) is 0 Å². The van der Waals surface area contributed by atoms with E-state index in [4.69, 9.17) is 16.0 Å². The fourth-order valence-corrected chi connectivity index (χ4v) is 3.07. The van der Waals surface area contributed by atoms with Gasteiger partial charge in [0.1, 0.15) is 0 Å². The SMILES string of the molecule is Nc1noc2cc(-c3cccc(C(N)Cc4ccccc4)c3)ccc12. The molecule has 0 aliphatic rings. The molecule has 0 bridgehead atoms. The monoisotopic (exact) mass is 329 g/mol. The average molecular weight is 329 g/mol. The summed E-state index contributed by atoms with van der Waals surface area (Å²) in [5, 5.41) is 4.64. The summed E-state index contributed by atoms with van der Waals surface area (Å²) in [6.07, 6.45) is 0.808. The van der Waals surface area contributed by atoms with E-state index < -0.39 is 0 Å². The van der Waals surface area contributed by atoms with E-state index in [2.05, 4.69) is 35.5 Å². The van der Waals surface area contributed by atoms with Crippen molar-refractivity contribution >= 4 is 16.8 Å². The van der Waals surface area contributed by atoms with Crippen LogP contribution >= 0.6 is 0 Å². The van der Waals surface area contributed by atoms with E-state index in [-0.39, 0.29) is 6.04 Å². The van der Waals surface area contributed by atoms with Crippen LogP contribution in [0.2, 0.25) is 0 Å². The fourth-order valence-electron chi connectivity index (χ4n) is 3.07. The molecule has 0 saturated carbocycles. The van der Waals surface area contributed by atoms with Gasteiger partial charge in [0.25, 0.3) is 0 Å². The number of aromatic nitrogens is 1. The number of benzene rings is 3. The quantitative estimate of drug-likeness (QED) is 0.584. The van der Waals surface area contributed by atoms with Crippen LogP contribution in [0.1, 0.15) is 17.2 Å². The second-order valence-corrected chi connectivity index (χ2v) is 6.20. The third-order valence-corrected chi connectivity index (χ3v) is 4.45. The minimum absolute atomic E-state index is 0.0491. The summed E-state index contributed by atoms with van der Waals surface area (Å²) in [5.74, 6) is 0.417. The van der Waals surface area contributed by atoms with Crippen LogP contribution in [-0.2, 0) is 6.42 Å². The molecule has 1 unspecified atom stereocenters. The molecule has 0 amide bonds. The van der Waals surface area contributed by atoms with E-state index >= 15 is 0 Å². The molecule has 4 aromatic rings. The summed E-state index contributed by atoms with van der Waals surface area (Å²) < 4.78 is 5.27. The summed E-state index contributed by atoms with van der Waals surface area (Å²) in [7, 11) is 0. The number of hydrogen-bond donors (Lipinski definition) is 2. The normalized spacial score (nSPS) is 12.4. The van der Waals surface area contributed by atoms with Gasteiger partial charge in [-0.25, -0.2) is 0 Å². The second kappa shape index (κ2) is 6.42. The van der Waals surface area contributed by atoms with Gasteiger partial charge < -0.3 is 16.0 Å². The lowest BCUT2D eigenvalue weighted by molar-refractivity contribution is 0.460. The molecule has 4 rings (SSSR count). The molecule has 124 valence electrons. The standard InChI is InChI=1S/C21H19N3O/c22-19(11-14-5-2-1-3-6-14)17-8-4-7-15(12-17)16-9-10-18-20(13-16)25-24-21(18)23/h1-10,12-13,19H,11,22H2,(H2,23,24). The Bertz CT molecular complexity index is 1010. The highest BCUT2D eigenvalue weighted by atomic mass is 16.5. The Hall–Kier alpha value is -3.11. The molecule has 3 aromatic carbocycles. The lowest BCUT2D eigenvalue weighted by atomic mass is 9.96. The van der Waals surface area contributed by atoms with E-state index in [0.717, 1.165) is 28.5 Å². The van der Waals surface area contributed by atoms with Crippen LogP contribution < -0.4 is 11.5 Å². The van der Waals surface area contributed by atoms with Gasteiger partial charge in [0.05, 0.1) is 5.39 Å². The number of rotatable bonds is 4. The van der Waals surface area contributed by atoms with Gasteiger partial charge in [-0.3, -0.25) is 0 Å². The number of nitrogen functional groups attached to an aromatic ring is 1. The van der Waals surface area contributed by atoms with Gasteiger partial charge in [-0.15, -0.1) is 0 Å². The molecule has 0 saturated heterocycles. The minimum atomic E-state index is -0.0491. The van der Waals surface area contributed by atoms with Crippen molar-refractivity contribution in [3.05, 3.63) is 83.9 Å². The number of anilines is 1. The van der Waals surface area contributed by atoms with Crippen molar-refractivity contribution in [2.75, 3.05) is 5.73 Å². The van der Waals surface area contributed by atoms with Crippen LogP contribution in [0.4, 0.5) is 5.82 Å². The van der Waals surface area contributed by atoms with Crippen molar-refractivity contribution < 1.29 is 4.52 Å². The van der Waals surface area contributed by atoms with E-state index in [0.29, 0.717) is 11.4 Å². The van der Waals surface area contributed by atoms with Crippen molar-refractivity contribution in [1.29, 1.82) is 0 Å². The average Bonchev–Trinajstić information content (AvgIpc) is 3.03. The Labute approximate surface area is 146 Å². The van der Waals surface area contributed by atoms with E-state index in [9.17, 15) is 0 Å². The van der Waals surface area contributed by atoms with Gasteiger partial charge in [0.15, 0.2) is 11.4 Å². The third kappa shape index (κ3) is 3.12. The molecule has 0 aliphatic carbocycles. The largest absolute Gasteiger partial charge is 0.380 e. The van der Waals surface area contributed by atoms with Gasteiger partial charge in [-0.1, -0.05) is 59.8 Å².